The van der Waals surface area contributed by atoms with Crippen molar-refractivity contribution >= 4 is 5.97 Å². The van der Waals surface area contributed by atoms with Crippen molar-refractivity contribution in [3.63, 3.8) is 0 Å². The summed E-state index contributed by atoms with van der Waals surface area (Å²) in [6.07, 6.45) is 0.628. The van der Waals surface area contributed by atoms with E-state index in [2.05, 4.69) is 14.5 Å². The predicted octanol–water partition coefficient (Wildman–Crippen LogP) is 4.16. The fraction of sp³-hybridized carbons (Fsp3) is 0.818. The minimum absolute atomic E-state index is 0.0880. The van der Waals surface area contributed by atoms with Crippen molar-refractivity contribution in [2.75, 3.05) is 32.7 Å². The van der Waals surface area contributed by atoms with E-state index in [0.29, 0.717) is 18.8 Å². The van der Waals surface area contributed by atoms with Gasteiger partial charge in [0, 0.05) is 44.7 Å². The molecule has 0 unspecified atom stereocenters. The zero-order chi connectivity index (χ0) is 22.6. The van der Waals surface area contributed by atoms with Crippen molar-refractivity contribution in [1.82, 2.24) is 19.5 Å². The number of aromatic nitrogens is 2. The summed E-state index contributed by atoms with van der Waals surface area (Å²) in [5.74, 6) is 0.772. The first kappa shape index (κ1) is 24.0. The molecule has 0 atom stereocenters. The average molecular weight is 445 g/mol. The van der Waals surface area contributed by atoms with Gasteiger partial charge in [0.2, 0.25) is 0 Å². The van der Waals surface area contributed by atoms with Gasteiger partial charge in [-0.2, -0.15) is 13.2 Å². The van der Waals surface area contributed by atoms with Crippen LogP contribution in [0.15, 0.2) is 6.20 Å². The van der Waals surface area contributed by atoms with Crippen molar-refractivity contribution in [3.05, 3.63) is 17.7 Å². The minimum atomic E-state index is -4.18. The molecule has 0 amide bonds. The standard InChI is InChI=1S/C22H35F3N4O2/c1-21(2,3)20(30)31-29-12-7-17(8-13-29)19-26-18(6-9-22(23,24)25)16-28(19)15-14-27-10-4-5-11-27/h16-17H,4-15H2,1-3H3. The average Bonchev–Trinajstić information content (AvgIpc) is 3.34. The highest BCUT2D eigenvalue weighted by atomic mass is 19.4. The fourth-order valence-electron chi connectivity index (χ4n) is 4.10. The van der Waals surface area contributed by atoms with Crippen LogP contribution in [0.25, 0.3) is 0 Å². The first-order valence-corrected chi connectivity index (χ1v) is 11.3. The van der Waals surface area contributed by atoms with Crippen molar-refractivity contribution in [2.24, 2.45) is 5.41 Å². The number of carbonyl (C=O) groups is 1. The van der Waals surface area contributed by atoms with Gasteiger partial charge in [-0.05, 0) is 66.0 Å². The van der Waals surface area contributed by atoms with E-state index in [1.807, 2.05) is 27.0 Å². The summed E-state index contributed by atoms with van der Waals surface area (Å²) in [6, 6.07) is 0. The molecule has 2 saturated heterocycles. The lowest BCUT2D eigenvalue weighted by molar-refractivity contribution is -0.204. The van der Waals surface area contributed by atoms with Gasteiger partial charge in [0.05, 0.1) is 11.1 Å². The molecule has 2 aliphatic rings. The molecule has 0 N–H and O–H groups in total. The van der Waals surface area contributed by atoms with Crippen LogP contribution in [-0.4, -0.2) is 64.4 Å². The fourth-order valence-corrected chi connectivity index (χ4v) is 4.10. The Morgan fingerprint density at radius 2 is 1.74 bits per heavy atom. The normalized spacial score (nSPS) is 19.8. The Hall–Kier alpha value is -1.61. The molecule has 0 aliphatic carbocycles. The summed E-state index contributed by atoms with van der Waals surface area (Å²) in [7, 11) is 0. The third-order valence-corrected chi connectivity index (χ3v) is 6.02. The van der Waals surface area contributed by atoms with Crippen LogP contribution < -0.4 is 0 Å². The van der Waals surface area contributed by atoms with Crippen molar-refractivity contribution in [2.45, 2.75) is 77.9 Å². The van der Waals surface area contributed by atoms with Gasteiger partial charge in [-0.15, -0.1) is 5.06 Å². The quantitative estimate of drug-likeness (QED) is 0.632. The maximum atomic E-state index is 12.7. The number of carbonyl (C=O) groups excluding carboxylic acids is 1. The molecular formula is C22H35F3N4O2. The Labute approximate surface area is 182 Å². The van der Waals surface area contributed by atoms with Crippen LogP contribution >= 0.6 is 0 Å². The molecule has 0 saturated carbocycles. The van der Waals surface area contributed by atoms with Gasteiger partial charge < -0.3 is 14.3 Å². The molecule has 3 heterocycles. The first-order chi connectivity index (χ1) is 14.5. The summed E-state index contributed by atoms with van der Waals surface area (Å²) in [5.41, 5.74) is -0.0499. The number of nitrogens with zero attached hydrogens (tertiary/aromatic N) is 4. The van der Waals surface area contributed by atoms with Crippen molar-refractivity contribution < 1.29 is 22.8 Å². The van der Waals surface area contributed by atoms with Crippen LogP contribution in [-0.2, 0) is 22.6 Å². The summed E-state index contributed by atoms with van der Waals surface area (Å²) in [4.78, 5) is 24.7. The number of piperidine rings is 1. The van der Waals surface area contributed by atoms with Crippen LogP contribution in [0.4, 0.5) is 13.2 Å². The van der Waals surface area contributed by atoms with Gasteiger partial charge >= 0.3 is 12.1 Å². The molecule has 0 radical (unpaired) electrons. The van der Waals surface area contributed by atoms with Gasteiger partial charge in [0.1, 0.15) is 5.82 Å². The van der Waals surface area contributed by atoms with Crippen molar-refractivity contribution in [3.8, 4) is 0 Å². The second-order valence-electron chi connectivity index (χ2n) is 9.78. The SMILES string of the molecule is CC(C)(C)C(=O)ON1CCC(c2nc(CCC(F)(F)F)cn2CCN2CCCC2)CC1. The lowest BCUT2D eigenvalue weighted by Gasteiger charge is -2.32. The zero-order valence-corrected chi connectivity index (χ0v) is 18.9. The number of hydrogen-bond acceptors (Lipinski definition) is 5. The topological polar surface area (TPSA) is 50.6 Å². The van der Waals surface area contributed by atoms with Gasteiger partial charge in [0.15, 0.2) is 0 Å². The van der Waals surface area contributed by atoms with E-state index in [1.54, 1.807) is 5.06 Å². The maximum absolute atomic E-state index is 12.7. The Morgan fingerprint density at radius 3 is 2.32 bits per heavy atom. The van der Waals surface area contributed by atoms with Crippen LogP contribution in [0.3, 0.4) is 0 Å². The second kappa shape index (κ2) is 9.90. The number of aryl methyl sites for hydroxylation is 1. The largest absolute Gasteiger partial charge is 0.389 e. The molecule has 2 fully saturated rings. The molecule has 31 heavy (non-hydrogen) atoms. The molecular weight excluding hydrogens is 409 g/mol. The van der Waals surface area contributed by atoms with E-state index in [4.69, 9.17) is 4.84 Å². The van der Waals surface area contributed by atoms with Gasteiger partial charge in [-0.1, -0.05) is 0 Å². The Kier molecular flexibility index (Phi) is 7.68. The number of imidazole rings is 1. The van der Waals surface area contributed by atoms with Gasteiger partial charge in [-0.3, -0.25) is 0 Å². The number of hydrogen-bond donors (Lipinski definition) is 0. The summed E-state index contributed by atoms with van der Waals surface area (Å²) in [5, 5.41) is 1.70. The van der Waals surface area contributed by atoms with E-state index in [1.165, 1.54) is 12.8 Å². The summed E-state index contributed by atoms with van der Waals surface area (Å²) < 4.78 is 40.2. The predicted molar refractivity (Wildman–Crippen MR) is 111 cm³/mol. The summed E-state index contributed by atoms with van der Waals surface area (Å²) in [6.45, 7) is 10.5. The lowest BCUT2D eigenvalue weighted by atomic mass is 9.96. The van der Waals surface area contributed by atoms with Crippen LogP contribution in [0, 0.1) is 5.41 Å². The van der Waals surface area contributed by atoms with Crippen LogP contribution in [0.1, 0.15) is 70.3 Å². The minimum Gasteiger partial charge on any atom is -0.367 e. The van der Waals surface area contributed by atoms with E-state index < -0.39 is 18.0 Å². The van der Waals surface area contributed by atoms with E-state index >= 15 is 0 Å². The Balaban J connectivity index is 1.63. The smallest absolute Gasteiger partial charge is 0.367 e. The highest BCUT2D eigenvalue weighted by Gasteiger charge is 2.31. The lowest BCUT2D eigenvalue weighted by Crippen LogP contribution is -2.38. The molecule has 0 spiro atoms. The molecule has 1 aromatic heterocycles. The first-order valence-electron chi connectivity index (χ1n) is 11.3. The number of halogens is 3. The third-order valence-electron chi connectivity index (χ3n) is 6.02. The molecule has 2 aliphatic heterocycles. The molecule has 176 valence electrons. The zero-order valence-electron chi connectivity index (χ0n) is 18.9. The van der Waals surface area contributed by atoms with E-state index in [0.717, 1.165) is 44.8 Å². The van der Waals surface area contributed by atoms with Crippen molar-refractivity contribution in [1.29, 1.82) is 0 Å². The number of hydroxylamine groups is 2. The Bertz CT molecular complexity index is 728. The molecule has 6 nitrogen and oxygen atoms in total. The number of alkyl halides is 3. The molecule has 0 aromatic carbocycles. The Morgan fingerprint density at radius 1 is 1.10 bits per heavy atom. The van der Waals surface area contributed by atoms with E-state index in [9.17, 15) is 18.0 Å². The van der Waals surface area contributed by atoms with Gasteiger partial charge in [0.25, 0.3) is 0 Å². The number of rotatable bonds is 7. The van der Waals surface area contributed by atoms with Gasteiger partial charge in [-0.25, -0.2) is 9.78 Å². The highest BCUT2D eigenvalue weighted by molar-refractivity contribution is 5.75. The third kappa shape index (κ3) is 7.20. The maximum Gasteiger partial charge on any atom is 0.389 e. The monoisotopic (exact) mass is 444 g/mol. The highest BCUT2D eigenvalue weighted by Crippen LogP contribution is 2.30. The second-order valence-corrected chi connectivity index (χ2v) is 9.78. The molecule has 3 rings (SSSR count). The van der Waals surface area contributed by atoms with Crippen LogP contribution in [0.2, 0.25) is 0 Å². The molecule has 1 aromatic rings. The molecule has 0 bridgehead atoms. The van der Waals surface area contributed by atoms with Crippen LogP contribution in [0.5, 0.6) is 0 Å². The number of likely N-dealkylation sites (tertiary alicyclic amines) is 1. The summed E-state index contributed by atoms with van der Waals surface area (Å²) >= 11 is 0. The van der Waals surface area contributed by atoms with E-state index in [-0.39, 0.29) is 18.3 Å². The molecule has 9 heteroatoms.